The van der Waals surface area contributed by atoms with E-state index in [1.54, 1.807) is 0 Å². The van der Waals surface area contributed by atoms with Crippen LogP contribution in [0, 0.1) is 17.2 Å². The lowest BCUT2D eigenvalue weighted by Gasteiger charge is -2.07. The summed E-state index contributed by atoms with van der Waals surface area (Å²) in [6.07, 6.45) is 2.23. The van der Waals surface area contributed by atoms with E-state index in [1.165, 1.54) is 12.2 Å². The van der Waals surface area contributed by atoms with Gasteiger partial charge in [-0.2, -0.15) is 17.0 Å². The molecule has 1 atom stereocenters. The summed E-state index contributed by atoms with van der Waals surface area (Å²) in [5.41, 5.74) is 0. The lowest BCUT2D eigenvalue weighted by atomic mass is 10.2. The Hall–Kier alpha value is -0.200. The molecule has 0 aromatic rings. The van der Waals surface area contributed by atoms with Crippen molar-refractivity contribution in [2.24, 2.45) is 5.92 Å². The molecule has 0 amide bonds. The van der Waals surface area contributed by atoms with Gasteiger partial charge in [0.1, 0.15) is 0 Å². The summed E-state index contributed by atoms with van der Waals surface area (Å²) in [6, 6.07) is 2.26. The van der Waals surface area contributed by atoms with E-state index in [-0.39, 0.29) is 6.04 Å². The number of nitrogens with one attached hydrogen (secondary N) is 1. The molecule has 0 aliphatic carbocycles. The zero-order valence-corrected chi connectivity index (χ0v) is 9.66. The van der Waals surface area contributed by atoms with Crippen molar-refractivity contribution in [1.29, 1.82) is 5.26 Å². The fourth-order valence-corrected chi connectivity index (χ4v) is 2.14. The van der Waals surface area contributed by atoms with Gasteiger partial charge in [-0.15, -0.1) is 0 Å². The highest BCUT2D eigenvalue weighted by molar-refractivity contribution is 7.99. The summed E-state index contributed by atoms with van der Waals surface area (Å²) in [7, 11) is 1.84. The second kappa shape index (κ2) is 8.40. The molecule has 0 rings (SSSR count). The molecule has 0 aliphatic heterocycles. The Morgan fingerprint density at radius 3 is 2.38 bits per heavy atom. The van der Waals surface area contributed by atoms with E-state index in [2.05, 4.69) is 25.2 Å². The molecule has 13 heavy (non-hydrogen) atoms. The predicted octanol–water partition coefficient (Wildman–Crippen LogP) is 2.27. The van der Waals surface area contributed by atoms with Gasteiger partial charge in [-0.05, 0) is 37.3 Å². The lowest BCUT2D eigenvalue weighted by Crippen LogP contribution is -2.23. The van der Waals surface area contributed by atoms with Gasteiger partial charge in [0.15, 0.2) is 0 Å². The summed E-state index contributed by atoms with van der Waals surface area (Å²) >= 11 is 1.95. The van der Waals surface area contributed by atoms with Crippen molar-refractivity contribution in [3.05, 3.63) is 0 Å². The molecule has 0 radical (unpaired) electrons. The van der Waals surface area contributed by atoms with Crippen LogP contribution < -0.4 is 5.32 Å². The quantitative estimate of drug-likeness (QED) is 0.640. The van der Waals surface area contributed by atoms with Crippen LogP contribution in [0.15, 0.2) is 0 Å². The molecule has 2 nitrogen and oxygen atoms in total. The van der Waals surface area contributed by atoms with Gasteiger partial charge in [0, 0.05) is 0 Å². The van der Waals surface area contributed by atoms with E-state index < -0.39 is 0 Å². The molecule has 0 heterocycles. The molecule has 0 fully saturated rings. The second-order valence-electron chi connectivity index (χ2n) is 3.55. The van der Waals surface area contributed by atoms with E-state index in [9.17, 15) is 0 Å². The Bertz CT molecular complexity index is 151. The van der Waals surface area contributed by atoms with Crippen LogP contribution in [0.2, 0.25) is 0 Å². The van der Waals surface area contributed by atoms with E-state index in [0.717, 1.165) is 18.1 Å². The van der Waals surface area contributed by atoms with Crippen LogP contribution in [0.3, 0.4) is 0 Å². The number of rotatable bonds is 7. The highest BCUT2D eigenvalue weighted by Gasteiger charge is 2.02. The average Bonchev–Trinajstić information content (AvgIpc) is 2.11. The third kappa shape index (κ3) is 8.14. The first-order chi connectivity index (χ1) is 6.20. The minimum absolute atomic E-state index is 0.0338. The molecule has 0 saturated carbocycles. The number of nitriles is 1. The van der Waals surface area contributed by atoms with Crippen molar-refractivity contribution >= 4 is 11.8 Å². The maximum absolute atomic E-state index is 8.65. The van der Waals surface area contributed by atoms with Gasteiger partial charge in [0.2, 0.25) is 0 Å². The van der Waals surface area contributed by atoms with Crippen molar-refractivity contribution in [3.63, 3.8) is 0 Å². The smallest absolute Gasteiger partial charge is 0.0958 e. The Morgan fingerprint density at radius 1 is 1.31 bits per heavy atom. The van der Waals surface area contributed by atoms with E-state index in [1.807, 2.05) is 18.8 Å². The minimum Gasteiger partial charge on any atom is -0.305 e. The number of hydrogen-bond acceptors (Lipinski definition) is 3. The Labute approximate surface area is 86.1 Å². The summed E-state index contributed by atoms with van der Waals surface area (Å²) in [5, 5.41) is 11.6. The van der Waals surface area contributed by atoms with Crippen molar-refractivity contribution in [3.8, 4) is 6.07 Å². The molecule has 1 N–H and O–H groups in total. The van der Waals surface area contributed by atoms with E-state index >= 15 is 0 Å². The fraction of sp³-hybridized carbons (Fsp3) is 0.900. The first-order valence-corrected chi connectivity index (χ1v) is 6.00. The number of thioether (sulfide) groups is 1. The molecule has 3 heteroatoms. The van der Waals surface area contributed by atoms with Gasteiger partial charge in [0.25, 0.3) is 0 Å². The molecule has 0 bridgehead atoms. The van der Waals surface area contributed by atoms with Crippen molar-refractivity contribution < 1.29 is 0 Å². The summed E-state index contributed by atoms with van der Waals surface area (Å²) in [6.45, 7) is 4.48. The normalized spacial score (nSPS) is 12.8. The standard InChI is InChI=1S/C10H20N2S/c1-9(2)4-6-13-7-5-10(8-11)12-3/h9-10,12H,4-7H2,1-3H3. The predicted molar refractivity (Wildman–Crippen MR) is 59.9 cm³/mol. The van der Waals surface area contributed by atoms with Crippen LogP contribution >= 0.6 is 11.8 Å². The van der Waals surface area contributed by atoms with Crippen LogP contribution in [0.4, 0.5) is 0 Å². The lowest BCUT2D eigenvalue weighted by molar-refractivity contribution is 0.630. The van der Waals surface area contributed by atoms with Crippen molar-refractivity contribution in [2.45, 2.75) is 32.7 Å². The SMILES string of the molecule is CNC(C#N)CCSCCC(C)C. The third-order valence-electron chi connectivity index (χ3n) is 1.89. The second-order valence-corrected chi connectivity index (χ2v) is 4.78. The third-order valence-corrected chi connectivity index (χ3v) is 2.94. The largest absolute Gasteiger partial charge is 0.305 e. The van der Waals surface area contributed by atoms with Gasteiger partial charge in [-0.1, -0.05) is 13.8 Å². The molecule has 0 spiro atoms. The van der Waals surface area contributed by atoms with Crippen molar-refractivity contribution in [1.82, 2.24) is 5.32 Å². The molecule has 0 aromatic heterocycles. The highest BCUT2D eigenvalue weighted by atomic mass is 32.2. The molecular weight excluding hydrogens is 180 g/mol. The molecule has 76 valence electrons. The minimum atomic E-state index is 0.0338. The maximum atomic E-state index is 8.65. The van der Waals surface area contributed by atoms with Crippen LogP contribution in [0.25, 0.3) is 0 Å². The number of nitrogens with zero attached hydrogens (tertiary/aromatic N) is 1. The van der Waals surface area contributed by atoms with Crippen LogP contribution in [0.5, 0.6) is 0 Å². The summed E-state index contributed by atoms with van der Waals surface area (Å²) < 4.78 is 0. The average molecular weight is 200 g/mol. The molecular formula is C10H20N2S. The Balaban J connectivity index is 3.21. The molecule has 0 saturated heterocycles. The molecule has 0 aliphatic rings. The van der Waals surface area contributed by atoms with Crippen LogP contribution in [0.1, 0.15) is 26.7 Å². The van der Waals surface area contributed by atoms with Gasteiger partial charge >= 0.3 is 0 Å². The zero-order chi connectivity index (χ0) is 10.1. The van der Waals surface area contributed by atoms with Crippen LogP contribution in [-0.2, 0) is 0 Å². The van der Waals surface area contributed by atoms with Crippen molar-refractivity contribution in [2.75, 3.05) is 18.6 Å². The Kier molecular flexibility index (Phi) is 8.27. The zero-order valence-electron chi connectivity index (χ0n) is 8.84. The van der Waals surface area contributed by atoms with Gasteiger partial charge in [-0.25, -0.2) is 0 Å². The monoisotopic (exact) mass is 200 g/mol. The van der Waals surface area contributed by atoms with E-state index in [0.29, 0.717) is 0 Å². The summed E-state index contributed by atoms with van der Waals surface area (Å²) in [4.78, 5) is 0. The van der Waals surface area contributed by atoms with E-state index in [4.69, 9.17) is 5.26 Å². The van der Waals surface area contributed by atoms with Gasteiger partial charge < -0.3 is 5.32 Å². The molecule has 1 unspecified atom stereocenters. The van der Waals surface area contributed by atoms with Gasteiger partial charge in [-0.3, -0.25) is 0 Å². The Morgan fingerprint density at radius 2 is 1.92 bits per heavy atom. The first kappa shape index (κ1) is 12.8. The maximum Gasteiger partial charge on any atom is 0.0958 e. The van der Waals surface area contributed by atoms with Crippen LogP contribution in [-0.4, -0.2) is 24.6 Å². The van der Waals surface area contributed by atoms with Gasteiger partial charge in [0.05, 0.1) is 12.1 Å². The fourth-order valence-electron chi connectivity index (χ4n) is 0.896. The topological polar surface area (TPSA) is 35.8 Å². The first-order valence-electron chi connectivity index (χ1n) is 4.85. The highest BCUT2D eigenvalue weighted by Crippen LogP contribution is 2.10. The number of hydrogen-bond donors (Lipinski definition) is 1. The molecule has 0 aromatic carbocycles. The summed E-state index contributed by atoms with van der Waals surface area (Å²) in [5.74, 6) is 3.11.